The number of unbranched alkanes of at least 4 members (excludes halogenated alkanes) is 1. The molecule has 2 nitrogen and oxygen atoms in total. The van der Waals surface area contributed by atoms with Gasteiger partial charge in [0.15, 0.2) is 0 Å². The highest BCUT2D eigenvalue weighted by molar-refractivity contribution is 4.64. The minimum atomic E-state index is -0.143. The molecule has 0 saturated heterocycles. The molecule has 0 aliphatic carbocycles. The lowest BCUT2D eigenvalue weighted by atomic mass is 10.0. The van der Waals surface area contributed by atoms with Crippen molar-refractivity contribution in [2.75, 3.05) is 6.61 Å². The molecule has 73 valence electrons. The van der Waals surface area contributed by atoms with Gasteiger partial charge in [-0.05, 0) is 26.7 Å². The van der Waals surface area contributed by atoms with Crippen molar-refractivity contribution in [1.29, 1.82) is 0 Å². The minimum Gasteiger partial charge on any atom is -0.236 e. The lowest BCUT2D eigenvalue weighted by Crippen LogP contribution is -2.24. The molecule has 0 spiro atoms. The number of rotatable bonds is 7. The van der Waals surface area contributed by atoms with Gasteiger partial charge in [-0.3, -0.25) is 0 Å². The van der Waals surface area contributed by atoms with Crippen molar-refractivity contribution < 1.29 is 9.78 Å². The maximum atomic E-state index is 5.24. The summed E-state index contributed by atoms with van der Waals surface area (Å²) in [5.74, 6) is 0. The highest BCUT2D eigenvalue weighted by Crippen LogP contribution is 2.16. The fourth-order valence-electron chi connectivity index (χ4n) is 1.01. The summed E-state index contributed by atoms with van der Waals surface area (Å²) in [6, 6.07) is 0. The van der Waals surface area contributed by atoms with Gasteiger partial charge in [-0.1, -0.05) is 26.7 Å². The van der Waals surface area contributed by atoms with Gasteiger partial charge in [0.2, 0.25) is 0 Å². The van der Waals surface area contributed by atoms with E-state index < -0.39 is 0 Å². The van der Waals surface area contributed by atoms with Crippen LogP contribution in [-0.2, 0) is 9.78 Å². The van der Waals surface area contributed by atoms with E-state index in [1.54, 1.807) is 0 Å². The SMILES string of the molecule is [CH2]CCCOOC(C)(C)CCC. The maximum Gasteiger partial charge on any atom is 0.0980 e. The summed E-state index contributed by atoms with van der Waals surface area (Å²) in [6.07, 6.45) is 4.00. The third-order valence-electron chi connectivity index (χ3n) is 1.61. The molecule has 0 saturated carbocycles. The maximum absolute atomic E-state index is 5.24. The molecule has 0 unspecified atom stereocenters. The van der Waals surface area contributed by atoms with Gasteiger partial charge in [-0.2, -0.15) is 0 Å². The summed E-state index contributed by atoms with van der Waals surface area (Å²) in [6.45, 7) is 10.6. The average Bonchev–Trinajstić information content (AvgIpc) is 1.98. The molecule has 0 aliphatic heterocycles. The van der Waals surface area contributed by atoms with E-state index in [1.165, 1.54) is 0 Å². The molecule has 0 aliphatic rings. The number of hydrogen-bond acceptors (Lipinski definition) is 2. The second-order valence-corrected chi connectivity index (χ2v) is 3.62. The Morgan fingerprint density at radius 2 is 2.00 bits per heavy atom. The molecule has 0 bridgehead atoms. The summed E-state index contributed by atoms with van der Waals surface area (Å²) in [7, 11) is 0. The average molecular weight is 173 g/mol. The fourth-order valence-corrected chi connectivity index (χ4v) is 1.01. The van der Waals surface area contributed by atoms with E-state index in [4.69, 9.17) is 9.78 Å². The van der Waals surface area contributed by atoms with Crippen molar-refractivity contribution in [3.05, 3.63) is 6.92 Å². The van der Waals surface area contributed by atoms with Gasteiger partial charge < -0.3 is 0 Å². The van der Waals surface area contributed by atoms with Crippen molar-refractivity contribution >= 4 is 0 Å². The van der Waals surface area contributed by atoms with Gasteiger partial charge >= 0.3 is 0 Å². The summed E-state index contributed by atoms with van der Waals surface area (Å²) in [4.78, 5) is 10.3. The molecule has 1 radical (unpaired) electrons. The van der Waals surface area contributed by atoms with Crippen molar-refractivity contribution in [3.8, 4) is 0 Å². The van der Waals surface area contributed by atoms with E-state index in [-0.39, 0.29) is 5.60 Å². The highest BCUT2D eigenvalue weighted by Gasteiger charge is 2.17. The zero-order chi connectivity index (χ0) is 9.45. The van der Waals surface area contributed by atoms with Crippen LogP contribution in [0.3, 0.4) is 0 Å². The molecule has 2 heteroatoms. The molecule has 0 aromatic rings. The molecule has 0 rings (SSSR count). The predicted molar refractivity (Wildman–Crippen MR) is 50.6 cm³/mol. The van der Waals surface area contributed by atoms with Crippen LogP contribution in [0.4, 0.5) is 0 Å². The molecule has 0 aromatic heterocycles. The Balaban J connectivity index is 3.33. The minimum absolute atomic E-state index is 0.143. The first kappa shape index (κ1) is 11.9. The zero-order valence-corrected chi connectivity index (χ0v) is 8.56. The Bertz CT molecular complexity index is 100. The van der Waals surface area contributed by atoms with E-state index in [0.29, 0.717) is 6.61 Å². The predicted octanol–water partition coefficient (Wildman–Crippen LogP) is 3.13. The lowest BCUT2D eigenvalue weighted by Gasteiger charge is -2.22. The molecule has 0 N–H and O–H groups in total. The van der Waals surface area contributed by atoms with Crippen molar-refractivity contribution in [3.63, 3.8) is 0 Å². The first-order valence-corrected chi connectivity index (χ1v) is 4.72. The van der Waals surface area contributed by atoms with Crippen LogP contribution in [0, 0.1) is 6.92 Å². The van der Waals surface area contributed by atoms with Crippen LogP contribution in [-0.4, -0.2) is 12.2 Å². The van der Waals surface area contributed by atoms with Gasteiger partial charge in [-0.25, -0.2) is 9.78 Å². The monoisotopic (exact) mass is 173 g/mol. The molecule has 0 aromatic carbocycles. The smallest absolute Gasteiger partial charge is 0.0980 e. The van der Waals surface area contributed by atoms with E-state index >= 15 is 0 Å². The van der Waals surface area contributed by atoms with Crippen LogP contribution in [0.15, 0.2) is 0 Å². The summed E-state index contributed by atoms with van der Waals surface area (Å²) in [5, 5.41) is 0. The van der Waals surface area contributed by atoms with E-state index in [2.05, 4.69) is 13.8 Å². The standard InChI is InChI=1S/C10H21O2/c1-5-7-9-11-12-10(3,4)8-6-2/h1,5-9H2,2-4H3. The van der Waals surface area contributed by atoms with Crippen LogP contribution in [0.25, 0.3) is 0 Å². The summed E-state index contributed by atoms with van der Waals surface area (Å²) < 4.78 is 0. The highest BCUT2D eigenvalue weighted by atomic mass is 17.2. The Morgan fingerprint density at radius 1 is 1.33 bits per heavy atom. The second-order valence-electron chi connectivity index (χ2n) is 3.62. The van der Waals surface area contributed by atoms with Crippen LogP contribution in [0.2, 0.25) is 0 Å². The Morgan fingerprint density at radius 3 is 2.50 bits per heavy atom. The normalized spacial score (nSPS) is 12.0. The lowest BCUT2D eigenvalue weighted by molar-refractivity contribution is -0.354. The first-order valence-electron chi connectivity index (χ1n) is 4.72. The van der Waals surface area contributed by atoms with Crippen LogP contribution < -0.4 is 0 Å². The largest absolute Gasteiger partial charge is 0.236 e. The molecular formula is C10H21O2. The topological polar surface area (TPSA) is 18.5 Å². The Hall–Kier alpha value is -0.0800. The molecule has 0 fully saturated rings. The van der Waals surface area contributed by atoms with Gasteiger partial charge in [0.05, 0.1) is 12.2 Å². The molecule has 0 amide bonds. The van der Waals surface area contributed by atoms with E-state index in [9.17, 15) is 0 Å². The number of hydrogen-bond donors (Lipinski definition) is 0. The molecule has 12 heavy (non-hydrogen) atoms. The Kier molecular flexibility index (Phi) is 6.39. The zero-order valence-electron chi connectivity index (χ0n) is 8.56. The second kappa shape index (κ2) is 6.44. The Labute approximate surface area is 76.2 Å². The van der Waals surface area contributed by atoms with Crippen molar-refractivity contribution in [2.24, 2.45) is 0 Å². The first-order chi connectivity index (χ1) is 5.62. The van der Waals surface area contributed by atoms with Gasteiger partial charge in [0, 0.05) is 0 Å². The molecular weight excluding hydrogens is 152 g/mol. The van der Waals surface area contributed by atoms with E-state index in [1.807, 2.05) is 13.8 Å². The third kappa shape index (κ3) is 6.62. The van der Waals surface area contributed by atoms with Crippen molar-refractivity contribution in [1.82, 2.24) is 0 Å². The third-order valence-corrected chi connectivity index (χ3v) is 1.61. The molecule has 0 atom stereocenters. The fraction of sp³-hybridized carbons (Fsp3) is 0.900. The van der Waals surface area contributed by atoms with Gasteiger partial charge in [-0.15, -0.1) is 0 Å². The van der Waals surface area contributed by atoms with E-state index in [0.717, 1.165) is 25.7 Å². The van der Waals surface area contributed by atoms with Crippen molar-refractivity contribution in [2.45, 2.75) is 52.1 Å². The van der Waals surface area contributed by atoms with Crippen LogP contribution in [0.5, 0.6) is 0 Å². The quantitative estimate of drug-likeness (QED) is 0.334. The summed E-state index contributed by atoms with van der Waals surface area (Å²) >= 11 is 0. The van der Waals surface area contributed by atoms with Gasteiger partial charge in [0.25, 0.3) is 0 Å². The molecule has 0 heterocycles. The van der Waals surface area contributed by atoms with Crippen LogP contribution >= 0.6 is 0 Å². The summed E-state index contributed by atoms with van der Waals surface area (Å²) in [5.41, 5.74) is -0.143. The van der Waals surface area contributed by atoms with Crippen LogP contribution in [0.1, 0.15) is 46.5 Å². The van der Waals surface area contributed by atoms with Gasteiger partial charge in [0.1, 0.15) is 0 Å².